The lowest BCUT2D eigenvalue weighted by Gasteiger charge is -2.02. The Balaban J connectivity index is 2.50. The highest BCUT2D eigenvalue weighted by molar-refractivity contribution is 9.10. The first kappa shape index (κ1) is 12.9. The smallest absolute Gasteiger partial charge is 0.358 e. The number of carbonyl (C=O) groups is 1. The third-order valence-corrected chi connectivity index (χ3v) is 2.85. The third-order valence-electron chi connectivity index (χ3n) is 2.26. The van der Waals surface area contributed by atoms with Crippen LogP contribution >= 0.6 is 15.9 Å². The number of esters is 1. The molecule has 2 rings (SSSR count). The number of rotatable bonds is 3. The number of pyridine rings is 1. The molecule has 18 heavy (non-hydrogen) atoms. The Labute approximate surface area is 110 Å². The van der Waals surface area contributed by atoms with Gasteiger partial charge in [-0.1, -0.05) is 0 Å². The van der Waals surface area contributed by atoms with Crippen LogP contribution in [-0.4, -0.2) is 22.0 Å². The largest absolute Gasteiger partial charge is 0.461 e. The molecule has 0 spiro atoms. The maximum atomic E-state index is 12.6. The van der Waals surface area contributed by atoms with E-state index in [2.05, 4.69) is 20.9 Å². The van der Waals surface area contributed by atoms with Crippen LogP contribution < -0.4 is 0 Å². The van der Waals surface area contributed by atoms with Crippen LogP contribution in [0.4, 0.5) is 8.78 Å². The number of alkyl halides is 2. The molecule has 2 aromatic rings. The van der Waals surface area contributed by atoms with Gasteiger partial charge in [0.15, 0.2) is 11.3 Å². The highest BCUT2D eigenvalue weighted by Gasteiger charge is 2.16. The van der Waals surface area contributed by atoms with E-state index in [-0.39, 0.29) is 17.9 Å². The molecule has 0 unspecified atom stereocenters. The van der Waals surface area contributed by atoms with Crippen LogP contribution in [0.15, 0.2) is 22.9 Å². The summed E-state index contributed by atoms with van der Waals surface area (Å²) in [5.74, 6) is -0.577. The normalized spacial score (nSPS) is 11.2. The Hall–Kier alpha value is -1.50. The number of aromatic nitrogens is 2. The zero-order chi connectivity index (χ0) is 13.3. The van der Waals surface area contributed by atoms with Gasteiger partial charge < -0.3 is 9.14 Å². The van der Waals surface area contributed by atoms with Crippen LogP contribution in [0.3, 0.4) is 0 Å². The fourth-order valence-corrected chi connectivity index (χ4v) is 2.06. The molecule has 0 aliphatic rings. The molecule has 0 aliphatic carbocycles. The van der Waals surface area contributed by atoms with Gasteiger partial charge in [-0.2, -0.15) is 0 Å². The van der Waals surface area contributed by atoms with Crippen LogP contribution in [0.2, 0.25) is 0 Å². The predicted octanol–water partition coefficient (Wildman–Crippen LogP) is 3.21. The van der Waals surface area contributed by atoms with Crippen molar-refractivity contribution in [2.45, 2.75) is 13.3 Å². The van der Waals surface area contributed by atoms with Gasteiger partial charge in [-0.25, -0.2) is 18.6 Å². The molecule has 0 radical (unpaired) electrons. The molecular formula is C11H9BrF2N2O2. The number of ether oxygens (including phenoxy) is 1. The summed E-state index contributed by atoms with van der Waals surface area (Å²) in [5.41, 5.74) is 0.327. The van der Waals surface area contributed by atoms with Gasteiger partial charge in [-0.05, 0) is 28.9 Å². The van der Waals surface area contributed by atoms with Gasteiger partial charge in [0.2, 0.25) is 0 Å². The van der Waals surface area contributed by atoms with Crippen molar-refractivity contribution in [2.24, 2.45) is 0 Å². The zero-order valence-corrected chi connectivity index (χ0v) is 10.9. The van der Waals surface area contributed by atoms with E-state index < -0.39 is 12.4 Å². The van der Waals surface area contributed by atoms with E-state index in [4.69, 9.17) is 4.74 Å². The first-order valence-corrected chi connectivity index (χ1v) is 5.95. The monoisotopic (exact) mass is 318 g/mol. The highest BCUT2D eigenvalue weighted by atomic mass is 79.9. The minimum Gasteiger partial charge on any atom is -0.461 e. The van der Waals surface area contributed by atoms with E-state index in [1.54, 1.807) is 6.92 Å². The number of hydrogen-bond donors (Lipinski definition) is 0. The second kappa shape index (κ2) is 5.01. The van der Waals surface area contributed by atoms with Crippen LogP contribution in [0.5, 0.6) is 0 Å². The quantitative estimate of drug-likeness (QED) is 0.816. The molecule has 0 bridgehead atoms. The molecule has 96 valence electrons. The number of halogens is 3. The predicted molar refractivity (Wildman–Crippen MR) is 63.8 cm³/mol. The molecule has 0 aliphatic heterocycles. The lowest BCUT2D eigenvalue weighted by molar-refractivity contribution is 0.0520. The number of carbonyl (C=O) groups excluding carboxylic acids is 1. The van der Waals surface area contributed by atoms with Gasteiger partial charge in [0.05, 0.1) is 11.1 Å². The van der Waals surface area contributed by atoms with Crippen LogP contribution in [-0.2, 0) is 4.74 Å². The molecule has 0 fully saturated rings. The Morgan fingerprint density at radius 1 is 1.56 bits per heavy atom. The molecule has 7 heteroatoms. The van der Waals surface area contributed by atoms with Gasteiger partial charge in [0, 0.05) is 18.0 Å². The SMILES string of the molecule is CCOC(=O)c1cn2cc(C(F)F)cc(Br)c2n1. The molecule has 0 aromatic carbocycles. The Bertz CT molecular complexity index is 598. The van der Waals surface area contributed by atoms with Crippen LogP contribution in [0, 0.1) is 0 Å². The number of hydrogen-bond acceptors (Lipinski definition) is 3. The van der Waals surface area contributed by atoms with Crippen molar-refractivity contribution in [3.63, 3.8) is 0 Å². The van der Waals surface area contributed by atoms with Crippen molar-refractivity contribution in [2.75, 3.05) is 6.61 Å². The minimum absolute atomic E-state index is 0.0870. The second-order valence-electron chi connectivity index (χ2n) is 3.50. The van der Waals surface area contributed by atoms with Crippen LogP contribution in [0.1, 0.15) is 29.4 Å². The summed E-state index contributed by atoms with van der Waals surface area (Å²) < 4.78 is 31.8. The summed E-state index contributed by atoms with van der Waals surface area (Å²) in [6, 6.07) is 1.28. The Morgan fingerprint density at radius 3 is 2.89 bits per heavy atom. The average Bonchev–Trinajstić information content (AvgIpc) is 2.73. The topological polar surface area (TPSA) is 43.6 Å². The van der Waals surface area contributed by atoms with Crippen molar-refractivity contribution in [3.05, 3.63) is 34.2 Å². The highest BCUT2D eigenvalue weighted by Crippen LogP contribution is 2.25. The van der Waals surface area contributed by atoms with Crippen molar-refractivity contribution in [1.82, 2.24) is 9.38 Å². The number of nitrogens with zero attached hydrogens (tertiary/aromatic N) is 2. The molecule has 0 N–H and O–H groups in total. The fraction of sp³-hybridized carbons (Fsp3) is 0.273. The van der Waals surface area contributed by atoms with Crippen molar-refractivity contribution >= 4 is 27.5 Å². The van der Waals surface area contributed by atoms with Gasteiger partial charge >= 0.3 is 5.97 Å². The average molecular weight is 319 g/mol. The summed E-state index contributed by atoms with van der Waals surface area (Å²) in [6.07, 6.45) is 0.0175. The van der Waals surface area contributed by atoms with Crippen molar-refractivity contribution < 1.29 is 18.3 Å². The lowest BCUT2D eigenvalue weighted by atomic mass is 10.3. The molecule has 0 saturated carbocycles. The van der Waals surface area contributed by atoms with E-state index in [0.717, 1.165) is 0 Å². The third kappa shape index (κ3) is 2.35. The summed E-state index contributed by atoms with van der Waals surface area (Å²) in [7, 11) is 0. The molecule has 2 aromatic heterocycles. The summed E-state index contributed by atoms with van der Waals surface area (Å²) in [6.45, 7) is 1.91. The van der Waals surface area contributed by atoms with E-state index in [1.807, 2.05) is 0 Å². The summed E-state index contributed by atoms with van der Waals surface area (Å²) >= 11 is 3.15. The van der Waals surface area contributed by atoms with E-state index in [0.29, 0.717) is 10.1 Å². The number of imidazole rings is 1. The molecular weight excluding hydrogens is 310 g/mol. The number of fused-ring (bicyclic) bond motifs is 1. The lowest BCUT2D eigenvalue weighted by Crippen LogP contribution is -2.04. The van der Waals surface area contributed by atoms with Gasteiger partial charge in [0.25, 0.3) is 6.43 Å². The van der Waals surface area contributed by atoms with E-state index in [1.165, 1.54) is 22.9 Å². The molecule has 0 saturated heterocycles. The molecule has 4 nitrogen and oxygen atoms in total. The molecule has 0 atom stereocenters. The Kier molecular flexibility index (Phi) is 3.60. The fourth-order valence-electron chi connectivity index (χ4n) is 1.50. The van der Waals surface area contributed by atoms with Gasteiger partial charge in [-0.3, -0.25) is 0 Å². The van der Waals surface area contributed by atoms with Crippen molar-refractivity contribution in [3.8, 4) is 0 Å². The van der Waals surface area contributed by atoms with Crippen molar-refractivity contribution in [1.29, 1.82) is 0 Å². The second-order valence-corrected chi connectivity index (χ2v) is 4.35. The first-order chi connectivity index (χ1) is 8.52. The maximum absolute atomic E-state index is 12.6. The first-order valence-electron chi connectivity index (χ1n) is 5.16. The summed E-state index contributed by atoms with van der Waals surface area (Å²) in [5, 5.41) is 0. The molecule has 0 amide bonds. The Morgan fingerprint density at radius 2 is 2.28 bits per heavy atom. The van der Waals surface area contributed by atoms with Crippen LogP contribution in [0.25, 0.3) is 5.65 Å². The summed E-state index contributed by atoms with van der Waals surface area (Å²) in [4.78, 5) is 15.5. The minimum atomic E-state index is -2.58. The maximum Gasteiger partial charge on any atom is 0.358 e. The zero-order valence-electron chi connectivity index (χ0n) is 9.36. The standard InChI is InChI=1S/C11H9BrF2N2O2/c1-2-18-11(17)8-5-16-4-6(9(13)14)3-7(12)10(16)15-8/h3-5,9H,2H2,1H3. The van der Waals surface area contributed by atoms with Gasteiger partial charge in [0.1, 0.15) is 0 Å². The van der Waals surface area contributed by atoms with Gasteiger partial charge in [-0.15, -0.1) is 0 Å². The van der Waals surface area contributed by atoms with E-state index >= 15 is 0 Å². The van der Waals surface area contributed by atoms with E-state index in [9.17, 15) is 13.6 Å². The molecule has 2 heterocycles.